The molecule has 0 radical (unpaired) electrons. The minimum absolute atomic E-state index is 0.0703. The average molecular weight is 298 g/mol. The summed E-state index contributed by atoms with van der Waals surface area (Å²) in [5.74, 6) is -0.132. The molecule has 4 heteroatoms. The number of hydrogen-bond donors (Lipinski definition) is 2. The molecular formula is C18H22N2O2. The summed E-state index contributed by atoms with van der Waals surface area (Å²) in [6, 6.07) is 17.9. The van der Waals surface area contributed by atoms with Crippen LogP contribution in [0.5, 0.6) is 0 Å². The molecule has 0 aromatic heterocycles. The van der Waals surface area contributed by atoms with Gasteiger partial charge in [0.05, 0.1) is 6.61 Å². The number of ether oxygens (including phenoxy) is 1. The maximum absolute atomic E-state index is 11.7. The van der Waals surface area contributed by atoms with Gasteiger partial charge in [-0.15, -0.1) is 0 Å². The summed E-state index contributed by atoms with van der Waals surface area (Å²) in [5.41, 5.74) is 3.19. The molecule has 2 rings (SSSR count). The third-order valence-corrected chi connectivity index (χ3v) is 3.16. The van der Waals surface area contributed by atoms with Crippen LogP contribution in [0.25, 0.3) is 0 Å². The van der Waals surface area contributed by atoms with E-state index in [1.54, 1.807) is 0 Å². The SMILES string of the molecule is Cc1ccc(NC(=O)COCCNCc2ccccc2)cc1. The minimum Gasteiger partial charge on any atom is -0.370 e. The maximum atomic E-state index is 11.7. The highest BCUT2D eigenvalue weighted by molar-refractivity contribution is 5.91. The number of aryl methyl sites for hydroxylation is 1. The Morgan fingerprint density at radius 1 is 1.05 bits per heavy atom. The number of benzene rings is 2. The van der Waals surface area contributed by atoms with Crippen LogP contribution in [0, 0.1) is 6.92 Å². The summed E-state index contributed by atoms with van der Waals surface area (Å²) < 4.78 is 5.35. The van der Waals surface area contributed by atoms with Crippen molar-refractivity contribution in [1.82, 2.24) is 5.32 Å². The molecule has 0 aliphatic carbocycles. The van der Waals surface area contributed by atoms with Crippen LogP contribution in [0.2, 0.25) is 0 Å². The van der Waals surface area contributed by atoms with E-state index in [-0.39, 0.29) is 12.5 Å². The molecule has 4 nitrogen and oxygen atoms in total. The molecule has 116 valence electrons. The van der Waals surface area contributed by atoms with Crippen molar-refractivity contribution in [2.45, 2.75) is 13.5 Å². The fourth-order valence-electron chi connectivity index (χ4n) is 1.97. The lowest BCUT2D eigenvalue weighted by molar-refractivity contribution is -0.120. The van der Waals surface area contributed by atoms with E-state index >= 15 is 0 Å². The lowest BCUT2D eigenvalue weighted by Crippen LogP contribution is -2.23. The van der Waals surface area contributed by atoms with Gasteiger partial charge in [-0.1, -0.05) is 48.0 Å². The van der Waals surface area contributed by atoms with Crippen molar-refractivity contribution in [3.8, 4) is 0 Å². The van der Waals surface area contributed by atoms with Crippen LogP contribution in [0.3, 0.4) is 0 Å². The number of amides is 1. The fourth-order valence-corrected chi connectivity index (χ4v) is 1.97. The molecule has 1 amide bonds. The molecule has 0 fully saturated rings. The van der Waals surface area contributed by atoms with E-state index in [1.807, 2.05) is 49.4 Å². The van der Waals surface area contributed by atoms with Gasteiger partial charge in [-0.3, -0.25) is 4.79 Å². The molecule has 0 saturated heterocycles. The van der Waals surface area contributed by atoms with Gasteiger partial charge in [-0.25, -0.2) is 0 Å². The number of nitrogens with one attached hydrogen (secondary N) is 2. The van der Waals surface area contributed by atoms with Crippen LogP contribution in [0.4, 0.5) is 5.69 Å². The van der Waals surface area contributed by atoms with E-state index in [1.165, 1.54) is 11.1 Å². The fraction of sp³-hybridized carbons (Fsp3) is 0.278. The predicted molar refractivity (Wildman–Crippen MR) is 88.8 cm³/mol. The summed E-state index contributed by atoms with van der Waals surface area (Å²) in [5, 5.41) is 6.08. The van der Waals surface area contributed by atoms with E-state index in [0.29, 0.717) is 13.2 Å². The Bertz CT molecular complexity index is 567. The summed E-state index contributed by atoms with van der Waals surface area (Å²) in [4.78, 5) is 11.7. The molecule has 0 heterocycles. The molecule has 0 atom stereocenters. The van der Waals surface area contributed by atoms with Crippen LogP contribution < -0.4 is 10.6 Å². The average Bonchev–Trinajstić information content (AvgIpc) is 2.54. The van der Waals surface area contributed by atoms with Gasteiger partial charge >= 0.3 is 0 Å². The number of carbonyl (C=O) groups is 1. The van der Waals surface area contributed by atoms with Crippen LogP contribution in [-0.4, -0.2) is 25.7 Å². The number of hydrogen-bond acceptors (Lipinski definition) is 3. The van der Waals surface area contributed by atoms with Crippen LogP contribution >= 0.6 is 0 Å². The molecule has 0 unspecified atom stereocenters. The second-order valence-corrected chi connectivity index (χ2v) is 5.13. The summed E-state index contributed by atoms with van der Waals surface area (Å²) in [6.07, 6.45) is 0. The van der Waals surface area contributed by atoms with Crippen LogP contribution in [0.1, 0.15) is 11.1 Å². The van der Waals surface area contributed by atoms with Crippen molar-refractivity contribution in [3.63, 3.8) is 0 Å². The number of rotatable bonds is 8. The first-order chi connectivity index (χ1) is 10.7. The van der Waals surface area contributed by atoms with E-state index in [4.69, 9.17) is 4.74 Å². The third kappa shape index (κ3) is 6.08. The van der Waals surface area contributed by atoms with E-state index in [0.717, 1.165) is 12.2 Å². The highest BCUT2D eigenvalue weighted by Crippen LogP contribution is 2.08. The minimum atomic E-state index is -0.132. The largest absolute Gasteiger partial charge is 0.370 e. The van der Waals surface area contributed by atoms with Gasteiger partial charge in [-0.05, 0) is 24.6 Å². The van der Waals surface area contributed by atoms with Gasteiger partial charge in [0, 0.05) is 18.8 Å². The quantitative estimate of drug-likeness (QED) is 0.737. The zero-order valence-corrected chi connectivity index (χ0v) is 12.8. The van der Waals surface area contributed by atoms with Crippen molar-refractivity contribution in [2.75, 3.05) is 25.1 Å². The monoisotopic (exact) mass is 298 g/mol. The molecule has 2 N–H and O–H groups in total. The van der Waals surface area contributed by atoms with Crippen molar-refractivity contribution in [2.24, 2.45) is 0 Å². The van der Waals surface area contributed by atoms with Crippen molar-refractivity contribution >= 4 is 11.6 Å². The molecule has 2 aromatic carbocycles. The van der Waals surface area contributed by atoms with E-state index in [9.17, 15) is 4.79 Å². The molecular weight excluding hydrogens is 276 g/mol. The smallest absolute Gasteiger partial charge is 0.250 e. The van der Waals surface area contributed by atoms with Crippen molar-refractivity contribution < 1.29 is 9.53 Å². The lowest BCUT2D eigenvalue weighted by Gasteiger charge is -2.07. The predicted octanol–water partition coefficient (Wildman–Crippen LogP) is 2.74. The van der Waals surface area contributed by atoms with E-state index in [2.05, 4.69) is 22.8 Å². The lowest BCUT2D eigenvalue weighted by atomic mass is 10.2. The van der Waals surface area contributed by atoms with Crippen LogP contribution in [-0.2, 0) is 16.1 Å². The highest BCUT2D eigenvalue weighted by Gasteiger charge is 2.02. The van der Waals surface area contributed by atoms with Gasteiger partial charge in [0.15, 0.2) is 0 Å². The molecule has 0 bridgehead atoms. The molecule has 0 saturated carbocycles. The Morgan fingerprint density at radius 3 is 2.50 bits per heavy atom. The topological polar surface area (TPSA) is 50.4 Å². The molecule has 22 heavy (non-hydrogen) atoms. The third-order valence-electron chi connectivity index (χ3n) is 3.16. The van der Waals surface area contributed by atoms with Gasteiger partial charge in [0.2, 0.25) is 5.91 Å². The Kier molecular flexibility index (Phi) is 6.61. The van der Waals surface area contributed by atoms with Gasteiger partial charge in [0.1, 0.15) is 6.61 Å². The van der Waals surface area contributed by atoms with Gasteiger partial charge < -0.3 is 15.4 Å². The standard InChI is InChI=1S/C18H22N2O2/c1-15-7-9-17(10-8-15)20-18(21)14-22-12-11-19-13-16-5-3-2-4-6-16/h2-10,19H,11-14H2,1H3,(H,20,21). The second-order valence-electron chi connectivity index (χ2n) is 5.13. The Balaban J connectivity index is 1.54. The summed E-state index contributed by atoms with van der Waals surface area (Å²) >= 11 is 0. The zero-order chi connectivity index (χ0) is 15.6. The van der Waals surface area contributed by atoms with Gasteiger partial charge in [0.25, 0.3) is 0 Å². The zero-order valence-electron chi connectivity index (χ0n) is 12.8. The Hall–Kier alpha value is -2.17. The van der Waals surface area contributed by atoms with Gasteiger partial charge in [-0.2, -0.15) is 0 Å². The first kappa shape index (κ1) is 16.2. The maximum Gasteiger partial charge on any atom is 0.250 e. The molecule has 0 aliphatic heterocycles. The number of anilines is 1. The van der Waals surface area contributed by atoms with Crippen molar-refractivity contribution in [3.05, 3.63) is 65.7 Å². The molecule has 0 spiro atoms. The first-order valence-electron chi connectivity index (χ1n) is 7.43. The second kappa shape index (κ2) is 8.97. The summed E-state index contributed by atoms with van der Waals surface area (Å²) in [6.45, 7) is 4.11. The van der Waals surface area contributed by atoms with Crippen LogP contribution in [0.15, 0.2) is 54.6 Å². The Labute approximate surface area is 131 Å². The van der Waals surface area contributed by atoms with E-state index < -0.39 is 0 Å². The summed E-state index contributed by atoms with van der Waals surface area (Å²) in [7, 11) is 0. The molecule has 2 aromatic rings. The van der Waals surface area contributed by atoms with Crippen molar-refractivity contribution in [1.29, 1.82) is 0 Å². The first-order valence-corrected chi connectivity index (χ1v) is 7.43. The number of carbonyl (C=O) groups excluding carboxylic acids is 1. The Morgan fingerprint density at radius 2 is 1.77 bits per heavy atom. The normalized spacial score (nSPS) is 10.4. The highest BCUT2D eigenvalue weighted by atomic mass is 16.5. The molecule has 0 aliphatic rings.